The number of anilines is 2. The molecule has 2 fully saturated rings. The van der Waals surface area contributed by atoms with Gasteiger partial charge in [-0.05, 0) is 50.7 Å². The summed E-state index contributed by atoms with van der Waals surface area (Å²) in [6.07, 6.45) is 3.32. The predicted octanol–water partition coefficient (Wildman–Crippen LogP) is 4.70. The van der Waals surface area contributed by atoms with E-state index >= 15 is 4.39 Å². The molecule has 3 N–H and O–H groups in total. The normalized spacial score (nSPS) is 17.9. The molecule has 6 rings (SSSR count). The van der Waals surface area contributed by atoms with E-state index in [4.69, 9.17) is 22.1 Å². The van der Waals surface area contributed by atoms with Gasteiger partial charge in [0.15, 0.2) is 10.9 Å². The molecule has 0 saturated carbocycles. The molecule has 0 spiro atoms. The Hall–Kier alpha value is -3.61. The van der Waals surface area contributed by atoms with Gasteiger partial charge >= 0.3 is 6.01 Å². The molecular weight excluding hydrogens is 560 g/mol. The van der Waals surface area contributed by atoms with E-state index in [1.165, 1.54) is 18.2 Å². The molecule has 9 nitrogen and oxygen atoms in total. The molecule has 2 saturated heterocycles. The van der Waals surface area contributed by atoms with Crippen LogP contribution in [-0.2, 0) is 4.79 Å². The molecule has 40 heavy (non-hydrogen) atoms. The maximum Gasteiger partial charge on any atom is 0.319 e. The van der Waals surface area contributed by atoms with Crippen LogP contribution >= 0.6 is 22.9 Å². The van der Waals surface area contributed by atoms with Crippen molar-refractivity contribution >= 4 is 60.9 Å². The fraction of sp³-hybridized carbons (Fsp3) is 0.333. The quantitative estimate of drug-likeness (QED) is 0.300. The molecule has 0 radical (unpaired) electrons. The molecule has 4 heterocycles. The van der Waals surface area contributed by atoms with Crippen molar-refractivity contribution in [3.05, 3.63) is 47.5 Å². The highest BCUT2D eigenvalue weighted by molar-refractivity contribution is 7.22. The molecule has 0 bridgehead atoms. The smallest absolute Gasteiger partial charge is 0.319 e. The van der Waals surface area contributed by atoms with Crippen LogP contribution in [0.1, 0.15) is 12.8 Å². The average molecular weight is 586 g/mol. The average Bonchev–Trinajstić information content (AvgIpc) is 3.51. The van der Waals surface area contributed by atoms with Crippen molar-refractivity contribution in [1.82, 2.24) is 24.8 Å². The lowest BCUT2D eigenvalue weighted by molar-refractivity contribution is -0.129. The summed E-state index contributed by atoms with van der Waals surface area (Å²) in [6, 6.07) is 4.34. The second kappa shape index (κ2) is 10.4. The fourth-order valence-corrected chi connectivity index (χ4v) is 6.28. The van der Waals surface area contributed by atoms with Gasteiger partial charge < -0.3 is 25.6 Å². The van der Waals surface area contributed by atoms with Gasteiger partial charge in [-0.25, -0.2) is 13.8 Å². The molecule has 0 unspecified atom stereocenters. The molecule has 2 aromatic carbocycles. The van der Waals surface area contributed by atoms with Crippen LogP contribution in [0.25, 0.3) is 32.2 Å². The lowest BCUT2D eigenvalue weighted by Gasteiger charge is -2.39. The minimum atomic E-state index is -0.715. The number of rotatable bonds is 7. The molecule has 2 aliphatic rings. The van der Waals surface area contributed by atoms with Crippen molar-refractivity contribution < 1.29 is 18.3 Å². The summed E-state index contributed by atoms with van der Waals surface area (Å²) in [5.74, 6) is -1.05. The zero-order chi connectivity index (χ0) is 28.1. The van der Waals surface area contributed by atoms with Gasteiger partial charge in [-0.3, -0.25) is 4.79 Å². The van der Waals surface area contributed by atoms with Crippen LogP contribution in [-0.4, -0.2) is 76.0 Å². The number of carbonyl (C=O) groups is 1. The van der Waals surface area contributed by atoms with Gasteiger partial charge in [-0.1, -0.05) is 29.5 Å². The Balaban J connectivity index is 1.43. The molecule has 13 heteroatoms. The Morgan fingerprint density at radius 3 is 2.83 bits per heavy atom. The monoisotopic (exact) mass is 585 g/mol. The van der Waals surface area contributed by atoms with Gasteiger partial charge in [0, 0.05) is 35.6 Å². The van der Waals surface area contributed by atoms with Crippen molar-refractivity contribution in [3.8, 4) is 17.1 Å². The van der Waals surface area contributed by atoms with Crippen molar-refractivity contribution in [2.45, 2.75) is 24.9 Å². The van der Waals surface area contributed by atoms with E-state index in [1.54, 1.807) is 11.0 Å². The first-order chi connectivity index (χ1) is 19.2. The fourth-order valence-electron chi connectivity index (χ4n) is 5.22. The third-order valence-electron chi connectivity index (χ3n) is 7.43. The number of carbonyl (C=O) groups excluding carboxylic acids is 1. The van der Waals surface area contributed by atoms with Gasteiger partial charge in [0.2, 0.25) is 5.91 Å². The lowest BCUT2D eigenvalue weighted by atomic mass is 10.0. The van der Waals surface area contributed by atoms with E-state index in [-0.39, 0.29) is 55.5 Å². The van der Waals surface area contributed by atoms with Gasteiger partial charge in [0.1, 0.15) is 23.8 Å². The summed E-state index contributed by atoms with van der Waals surface area (Å²) >= 11 is 7.64. The number of nitrogens with one attached hydrogen (secondary N) is 1. The van der Waals surface area contributed by atoms with Gasteiger partial charge in [0.05, 0.1) is 21.3 Å². The summed E-state index contributed by atoms with van der Waals surface area (Å²) < 4.78 is 37.0. The molecule has 1 amide bonds. The number of nitrogens with zero attached hydrogens (tertiary/aromatic N) is 5. The SMILES string of the molecule is C=CC(=O)N1CC(Nc2nc(OC[C@@H]3CCCN3C)nc3c(F)c(-c4ccc(F)c5sc(N)nc45)c(Cl)cc23)C1. The second-order valence-electron chi connectivity index (χ2n) is 10.00. The number of nitrogens with two attached hydrogens (primary N) is 1. The molecule has 2 aliphatic heterocycles. The highest BCUT2D eigenvalue weighted by atomic mass is 35.5. The minimum absolute atomic E-state index is 0.00861. The summed E-state index contributed by atoms with van der Waals surface area (Å²) in [5.41, 5.74) is 6.39. The minimum Gasteiger partial charge on any atom is -0.462 e. The number of ether oxygens (including phenoxy) is 1. The van der Waals surface area contributed by atoms with Crippen LogP contribution in [0.4, 0.5) is 19.7 Å². The first-order valence-corrected chi connectivity index (χ1v) is 14.0. The van der Waals surface area contributed by atoms with Gasteiger partial charge in [-0.2, -0.15) is 9.97 Å². The third-order valence-corrected chi connectivity index (χ3v) is 8.62. The summed E-state index contributed by atoms with van der Waals surface area (Å²) in [7, 11) is 2.03. The Bertz CT molecular complexity index is 1660. The maximum atomic E-state index is 16.4. The molecule has 4 aromatic rings. The molecule has 2 aromatic heterocycles. The van der Waals surface area contributed by atoms with Crippen LogP contribution in [0.3, 0.4) is 0 Å². The molecule has 208 valence electrons. The Kier molecular flexibility index (Phi) is 6.93. The number of thiazole rings is 1. The first-order valence-electron chi connectivity index (χ1n) is 12.8. The number of hydrogen-bond donors (Lipinski definition) is 2. The van der Waals surface area contributed by atoms with Gasteiger partial charge in [-0.15, -0.1) is 0 Å². The Morgan fingerprint density at radius 1 is 1.30 bits per heavy atom. The van der Waals surface area contributed by atoms with Crippen molar-refractivity contribution in [2.75, 3.05) is 44.3 Å². The topological polar surface area (TPSA) is 110 Å². The predicted molar refractivity (Wildman–Crippen MR) is 153 cm³/mol. The van der Waals surface area contributed by atoms with Crippen LogP contribution in [0.2, 0.25) is 5.02 Å². The summed E-state index contributed by atoms with van der Waals surface area (Å²) in [6.45, 7) is 5.72. The first kappa shape index (κ1) is 26.6. The Morgan fingerprint density at radius 2 is 2.10 bits per heavy atom. The third kappa shape index (κ3) is 4.69. The summed E-state index contributed by atoms with van der Waals surface area (Å²) in [5, 5.41) is 3.87. The lowest BCUT2D eigenvalue weighted by Crippen LogP contribution is -2.56. The van der Waals surface area contributed by atoms with Crippen molar-refractivity contribution in [2.24, 2.45) is 0 Å². The number of likely N-dealkylation sites (N-methyl/N-ethyl adjacent to an activating group) is 1. The number of fused-ring (bicyclic) bond motifs is 2. The number of halogens is 3. The highest BCUT2D eigenvalue weighted by Gasteiger charge is 2.31. The Labute approximate surface area is 237 Å². The molecular formula is C27H26ClF2N7O2S. The van der Waals surface area contributed by atoms with E-state index in [2.05, 4.69) is 31.7 Å². The van der Waals surface area contributed by atoms with E-state index < -0.39 is 11.6 Å². The maximum absolute atomic E-state index is 16.4. The van der Waals surface area contributed by atoms with Crippen LogP contribution < -0.4 is 15.8 Å². The zero-order valence-electron chi connectivity index (χ0n) is 21.6. The van der Waals surface area contributed by atoms with E-state index in [0.717, 1.165) is 30.7 Å². The van der Waals surface area contributed by atoms with Gasteiger partial charge in [0.25, 0.3) is 0 Å². The van der Waals surface area contributed by atoms with Crippen LogP contribution in [0.15, 0.2) is 30.9 Å². The standard InChI is InChI=1S/C27H26ClF2N7O2S/c1-3-19(38)37-10-13(11-37)32-25-16-9-17(28)20(15-6-7-18(29)24-23(15)33-26(31)40-24)21(30)22(16)34-27(35-25)39-12-14-5-4-8-36(14)2/h3,6-7,9,13-14H,1,4-5,8,10-12H2,2H3,(H2,31,33)(H,32,34,35)/t14-/m0/s1. The largest absolute Gasteiger partial charge is 0.462 e. The van der Waals surface area contributed by atoms with E-state index in [9.17, 15) is 9.18 Å². The summed E-state index contributed by atoms with van der Waals surface area (Å²) in [4.78, 5) is 29.0. The number of aromatic nitrogens is 3. The van der Waals surface area contributed by atoms with E-state index in [1.807, 2.05) is 7.05 Å². The highest BCUT2D eigenvalue weighted by Crippen LogP contribution is 2.42. The number of hydrogen-bond acceptors (Lipinski definition) is 9. The number of benzene rings is 2. The molecule has 0 aliphatic carbocycles. The number of likely N-dealkylation sites (tertiary alicyclic amines) is 2. The number of nitrogen functional groups attached to an aromatic ring is 1. The second-order valence-corrected chi connectivity index (χ2v) is 11.4. The number of amides is 1. The van der Waals surface area contributed by atoms with Crippen molar-refractivity contribution in [3.63, 3.8) is 0 Å². The van der Waals surface area contributed by atoms with Crippen LogP contribution in [0, 0.1) is 11.6 Å². The van der Waals surface area contributed by atoms with Crippen molar-refractivity contribution in [1.29, 1.82) is 0 Å². The molecule has 1 atom stereocenters. The zero-order valence-corrected chi connectivity index (χ0v) is 23.2. The van der Waals surface area contributed by atoms with Crippen LogP contribution in [0.5, 0.6) is 6.01 Å². The van der Waals surface area contributed by atoms with E-state index in [0.29, 0.717) is 36.5 Å².